The van der Waals surface area contributed by atoms with Crippen molar-refractivity contribution in [1.82, 2.24) is 15.1 Å². The van der Waals surface area contributed by atoms with E-state index in [4.69, 9.17) is 0 Å². The van der Waals surface area contributed by atoms with Crippen molar-refractivity contribution in [3.63, 3.8) is 0 Å². The molecule has 1 saturated heterocycles. The Bertz CT molecular complexity index is 897. The Morgan fingerprint density at radius 1 is 1.28 bits per heavy atom. The summed E-state index contributed by atoms with van der Waals surface area (Å²) in [7, 11) is 0. The van der Waals surface area contributed by atoms with Crippen molar-refractivity contribution in [2.45, 2.75) is 44.8 Å². The zero-order valence-corrected chi connectivity index (χ0v) is 17.5. The molecule has 7 heteroatoms. The van der Waals surface area contributed by atoms with Crippen molar-refractivity contribution in [1.29, 1.82) is 0 Å². The molecule has 1 fully saturated rings. The third-order valence-electron chi connectivity index (χ3n) is 5.98. The molecule has 2 aromatic rings. The number of phenols is 1. The first-order valence-corrected chi connectivity index (χ1v) is 11.1. The third-order valence-corrected chi connectivity index (χ3v) is 7.01. The standard InChI is InChI=1S/C22H27N3O3S/c1-15(24-11-8-20-16(14-24)9-12-29-20)13-23-21(27)18-6-4-10-25(18)22(28)17-5-2-3-7-19(17)26/h2-3,5,7,9,12,15,18,26H,4,6,8,10-11,13-14H2,1H3,(H,23,27). The summed E-state index contributed by atoms with van der Waals surface area (Å²) in [4.78, 5) is 31.1. The monoisotopic (exact) mass is 413 g/mol. The molecule has 0 radical (unpaired) electrons. The highest BCUT2D eigenvalue weighted by molar-refractivity contribution is 7.10. The normalized spacial score (nSPS) is 20.3. The van der Waals surface area contributed by atoms with Crippen LogP contribution >= 0.6 is 11.3 Å². The lowest BCUT2D eigenvalue weighted by Gasteiger charge is -2.33. The number of amides is 2. The predicted molar refractivity (Wildman–Crippen MR) is 113 cm³/mol. The summed E-state index contributed by atoms with van der Waals surface area (Å²) in [6, 6.07) is 8.45. The van der Waals surface area contributed by atoms with E-state index in [0.29, 0.717) is 19.5 Å². The number of nitrogens with zero attached hydrogens (tertiary/aromatic N) is 2. The van der Waals surface area contributed by atoms with Gasteiger partial charge in [-0.15, -0.1) is 11.3 Å². The lowest BCUT2D eigenvalue weighted by Crippen LogP contribution is -2.50. The molecule has 2 aliphatic heterocycles. The molecule has 2 N–H and O–H groups in total. The van der Waals surface area contributed by atoms with Gasteiger partial charge in [-0.2, -0.15) is 0 Å². The highest BCUT2D eigenvalue weighted by Gasteiger charge is 2.35. The summed E-state index contributed by atoms with van der Waals surface area (Å²) < 4.78 is 0. The minimum atomic E-state index is -0.473. The predicted octanol–water partition coefficient (Wildman–Crippen LogP) is 2.62. The molecule has 3 heterocycles. The number of hydrogen-bond donors (Lipinski definition) is 2. The number of carbonyl (C=O) groups is 2. The molecule has 29 heavy (non-hydrogen) atoms. The first-order valence-electron chi connectivity index (χ1n) is 10.2. The zero-order valence-electron chi connectivity index (χ0n) is 16.6. The number of hydrogen-bond acceptors (Lipinski definition) is 5. The molecule has 2 atom stereocenters. The van der Waals surface area contributed by atoms with Gasteiger partial charge in [-0.1, -0.05) is 12.1 Å². The highest BCUT2D eigenvalue weighted by Crippen LogP contribution is 2.26. The van der Waals surface area contributed by atoms with E-state index >= 15 is 0 Å². The summed E-state index contributed by atoms with van der Waals surface area (Å²) in [5, 5.41) is 15.2. The number of likely N-dealkylation sites (tertiary alicyclic amines) is 1. The van der Waals surface area contributed by atoms with E-state index in [1.807, 2.05) is 11.3 Å². The van der Waals surface area contributed by atoms with Crippen LogP contribution in [0.5, 0.6) is 5.75 Å². The smallest absolute Gasteiger partial charge is 0.258 e. The van der Waals surface area contributed by atoms with Crippen molar-refractivity contribution in [3.8, 4) is 5.75 Å². The zero-order chi connectivity index (χ0) is 20.4. The number of rotatable bonds is 5. The Morgan fingerprint density at radius 3 is 2.93 bits per heavy atom. The number of fused-ring (bicyclic) bond motifs is 1. The quantitative estimate of drug-likeness (QED) is 0.790. The van der Waals surface area contributed by atoms with Crippen LogP contribution in [0.4, 0.5) is 0 Å². The Labute approximate surface area is 175 Å². The lowest BCUT2D eigenvalue weighted by atomic mass is 10.1. The Balaban J connectivity index is 1.34. The van der Waals surface area contributed by atoms with Gasteiger partial charge >= 0.3 is 0 Å². The molecule has 0 bridgehead atoms. The molecular weight excluding hydrogens is 386 g/mol. The molecule has 0 spiro atoms. The first-order chi connectivity index (χ1) is 14.0. The van der Waals surface area contributed by atoms with Gasteiger partial charge in [-0.25, -0.2) is 0 Å². The van der Waals surface area contributed by atoms with E-state index in [2.05, 4.69) is 28.6 Å². The molecule has 1 aromatic carbocycles. The van der Waals surface area contributed by atoms with Crippen molar-refractivity contribution < 1.29 is 14.7 Å². The van der Waals surface area contributed by atoms with E-state index in [-0.39, 0.29) is 29.2 Å². The summed E-state index contributed by atoms with van der Waals surface area (Å²) in [5.74, 6) is -0.434. The number of phenolic OH excluding ortho intramolecular Hbond substituents is 1. The first kappa shape index (κ1) is 19.9. The second-order valence-electron chi connectivity index (χ2n) is 7.86. The molecular formula is C22H27N3O3S. The van der Waals surface area contributed by atoms with Gasteiger partial charge < -0.3 is 15.3 Å². The van der Waals surface area contributed by atoms with Gasteiger partial charge in [0.1, 0.15) is 11.8 Å². The minimum Gasteiger partial charge on any atom is -0.507 e. The molecule has 1 aromatic heterocycles. The number of carbonyl (C=O) groups excluding carboxylic acids is 2. The van der Waals surface area contributed by atoms with Crippen molar-refractivity contribution >= 4 is 23.2 Å². The van der Waals surface area contributed by atoms with E-state index in [1.54, 1.807) is 23.1 Å². The minimum absolute atomic E-state index is 0.0462. The Morgan fingerprint density at radius 2 is 2.10 bits per heavy atom. The topological polar surface area (TPSA) is 72.9 Å². The van der Waals surface area contributed by atoms with Crippen LogP contribution < -0.4 is 5.32 Å². The van der Waals surface area contributed by atoms with Gasteiger partial charge in [-0.05, 0) is 55.3 Å². The van der Waals surface area contributed by atoms with Crippen LogP contribution in [-0.2, 0) is 17.8 Å². The number of benzene rings is 1. The van der Waals surface area contributed by atoms with Crippen LogP contribution in [0, 0.1) is 0 Å². The molecule has 4 rings (SSSR count). The Hall–Kier alpha value is -2.38. The van der Waals surface area contributed by atoms with Crippen molar-refractivity contribution in [2.24, 2.45) is 0 Å². The molecule has 0 aliphatic carbocycles. The Kier molecular flexibility index (Phi) is 5.87. The molecule has 2 aliphatic rings. The second kappa shape index (κ2) is 8.55. The average Bonchev–Trinajstić information content (AvgIpc) is 3.40. The fraction of sp³-hybridized carbons (Fsp3) is 0.455. The van der Waals surface area contributed by atoms with Crippen LogP contribution in [0.3, 0.4) is 0 Å². The second-order valence-corrected chi connectivity index (χ2v) is 8.86. The lowest BCUT2D eigenvalue weighted by molar-refractivity contribution is -0.125. The molecule has 2 unspecified atom stereocenters. The average molecular weight is 414 g/mol. The fourth-order valence-corrected chi connectivity index (χ4v) is 5.12. The van der Waals surface area contributed by atoms with Gasteiger partial charge in [0.15, 0.2) is 0 Å². The van der Waals surface area contributed by atoms with Gasteiger partial charge in [0.05, 0.1) is 5.56 Å². The number of aromatic hydroxyl groups is 1. The maximum atomic E-state index is 12.8. The SMILES string of the molecule is CC(CNC(=O)C1CCCN1C(=O)c1ccccc1O)N1CCc2sccc2C1. The van der Waals surface area contributed by atoms with Gasteiger partial charge in [0.25, 0.3) is 5.91 Å². The van der Waals surface area contributed by atoms with Crippen LogP contribution in [0.2, 0.25) is 0 Å². The maximum absolute atomic E-state index is 12.8. The summed E-state index contributed by atoms with van der Waals surface area (Å²) in [6.45, 7) is 5.17. The number of thiophene rings is 1. The van der Waals surface area contributed by atoms with E-state index < -0.39 is 6.04 Å². The van der Waals surface area contributed by atoms with E-state index in [0.717, 1.165) is 25.9 Å². The third kappa shape index (κ3) is 4.16. The summed E-state index contributed by atoms with van der Waals surface area (Å²) in [6.07, 6.45) is 2.51. The van der Waals surface area contributed by atoms with Crippen LogP contribution in [0.25, 0.3) is 0 Å². The van der Waals surface area contributed by atoms with Gasteiger partial charge in [0, 0.05) is 37.1 Å². The highest BCUT2D eigenvalue weighted by atomic mass is 32.1. The van der Waals surface area contributed by atoms with Crippen LogP contribution in [0.15, 0.2) is 35.7 Å². The van der Waals surface area contributed by atoms with E-state index in [9.17, 15) is 14.7 Å². The summed E-state index contributed by atoms with van der Waals surface area (Å²) >= 11 is 1.82. The van der Waals surface area contributed by atoms with Gasteiger partial charge in [-0.3, -0.25) is 14.5 Å². The summed E-state index contributed by atoms with van der Waals surface area (Å²) in [5.41, 5.74) is 1.65. The van der Waals surface area contributed by atoms with Gasteiger partial charge in [0.2, 0.25) is 5.91 Å². The number of para-hydroxylation sites is 1. The van der Waals surface area contributed by atoms with Crippen LogP contribution in [-0.4, -0.2) is 58.4 Å². The number of nitrogens with one attached hydrogen (secondary N) is 1. The molecule has 0 saturated carbocycles. The fourth-order valence-electron chi connectivity index (χ4n) is 4.23. The molecule has 154 valence electrons. The van der Waals surface area contributed by atoms with Crippen LogP contribution in [0.1, 0.15) is 40.6 Å². The van der Waals surface area contributed by atoms with Crippen molar-refractivity contribution in [2.75, 3.05) is 19.6 Å². The van der Waals surface area contributed by atoms with E-state index in [1.165, 1.54) is 16.5 Å². The van der Waals surface area contributed by atoms with Crippen molar-refractivity contribution in [3.05, 3.63) is 51.7 Å². The molecule has 2 amide bonds. The largest absolute Gasteiger partial charge is 0.507 e. The molecule has 6 nitrogen and oxygen atoms in total. The maximum Gasteiger partial charge on any atom is 0.258 e.